The summed E-state index contributed by atoms with van der Waals surface area (Å²) in [5.41, 5.74) is 4.82. The van der Waals surface area contributed by atoms with E-state index in [9.17, 15) is 0 Å². The molecule has 1 saturated heterocycles. The van der Waals surface area contributed by atoms with Crippen LogP contribution in [0, 0.1) is 0 Å². The molecule has 5 aromatic carbocycles. The molecule has 38 heavy (non-hydrogen) atoms. The van der Waals surface area contributed by atoms with Crippen LogP contribution in [0.1, 0.15) is 27.7 Å². The lowest BCUT2D eigenvalue weighted by molar-refractivity contribution is 0.00578. The van der Waals surface area contributed by atoms with Crippen LogP contribution in [0.25, 0.3) is 53.5 Å². The standard InChI is InChI=1S/C33H28BNO2S/c1-32(2)33(3,4)37-34(36-32)30-25-16-10-8-14-23(25)29(24-15-9-11-17-26(24)30)22-18-19-28-27(20-22)35-31(38-28)21-12-6-5-7-13-21/h5-20H,1-4H3. The molecule has 1 aliphatic rings. The van der Waals surface area contributed by atoms with Crippen LogP contribution < -0.4 is 5.46 Å². The van der Waals surface area contributed by atoms with Gasteiger partial charge in [-0.3, -0.25) is 0 Å². The van der Waals surface area contributed by atoms with Crippen molar-refractivity contribution in [3.05, 3.63) is 97.1 Å². The number of fused-ring (bicyclic) bond motifs is 3. The van der Waals surface area contributed by atoms with E-state index in [2.05, 4.69) is 119 Å². The second-order valence-electron chi connectivity index (χ2n) is 11.0. The van der Waals surface area contributed by atoms with Crippen LogP contribution in [0.5, 0.6) is 0 Å². The molecule has 186 valence electrons. The SMILES string of the molecule is CC1(C)OB(c2c3ccccc3c(-c3ccc4sc(-c5ccccc5)nc4c3)c3ccccc23)OC1(C)C. The van der Waals surface area contributed by atoms with Gasteiger partial charge in [0.25, 0.3) is 0 Å². The van der Waals surface area contributed by atoms with Crippen LogP contribution in [-0.2, 0) is 9.31 Å². The normalized spacial score (nSPS) is 16.6. The first-order valence-electron chi connectivity index (χ1n) is 13.1. The highest BCUT2D eigenvalue weighted by Crippen LogP contribution is 2.41. The molecule has 0 saturated carbocycles. The summed E-state index contributed by atoms with van der Waals surface area (Å²) in [4.78, 5) is 5.02. The van der Waals surface area contributed by atoms with E-state index in [1.807, 2.05) is 6.07 Å². The Bertz CT molecular complexity index is 1770. The number of benzene rings is 5. The number of aromatic nitrogens is 1. The van der Waals surface area contributed by atoms with Crippen LogP contribution in [-0.4, -0.2) is 23.3 Å². The lowest BCUT2D eigenvalue weighted by Gasteiger charge is -2.32. The molecule has 3 nitrogen and oxygen atoms in total. The van der Waals surface area contributed by atoms with Gasteiger partial charge < -0.3 is 9.31 Å². The summed E-state index contributed by atoms with van der Waals surface area (Å²) in [5.74, 6) is 0. The van der Waals surface area contributed by atoms with Crippen molar-refractivity contribution in [1.29, 1.82) is 0 Å². The fraction of sp³-hybridized carbons (Fsp3) is 0.182. The topological polar surface area (TPSA) is 31.4 Å². The van der Waals surface area contributed by atoms with Crippen molar-refractivity contribution in [2.75, 3.05) is 0 Å². The molecule has 1 aromatic heterocycles. The van der Waals surface area contributed by atoms with Gasteiger partial charge in [0.15, 0.2) is 0 Å². The maximum atomic E-state index is 6.58. The van der Waals surface area contributed by atoms with E-state index < -0.39 is 18.3 Å². The summed E-state index contributed by atoms with van der Waals surface area (Å²) < 4.78 is 14.4. The van der Waals surface area contributed by atoms with Gasteiger partial charge in [-0.1, -0.05) is 84.9 Å². The predicted molar refractivity (Wildman–Crippen MR) is 161 cm³/mol. The summed E-state index contributed by atoms with van der Waals surface area (Å²) in [7, 11) is -0.446. The Kier molecular flexibility index (Phi) is 5.28. The van der Waals surface area contributed by atoms with E-state index in [1.54, 1.807) is 11.3 Å². The molecule has 0 atom stereocenters. The van der Waals surface area contributed by atoms with Crippen molar-refractivity contribution >= 4 is 55.7 Å². The Morgan fingerprint density at radius 3 is 1.79 bits per heavy atom. The highest BCUT2D eigenvalue weighted by atomic mass is 32.1. The van der Waals surface area contributed by atoms with Gasteiger partial charge in [-0.25, -0.2) is 4.98 Å². The van der Waals surface area contributed by atoms with Crippen molar-refractivity contribution in [2.45, 2.75) is 38.9 Å². The molecular weight excluding hydrogens is 485 g/mol. The van der Waals surface area contributed by atoms with Gasteiger partial charge >= 0.3 is 7.12 Å². The summed E-state index contributed by atoms with van der Waals surface area (Å²) in [6.45, 7) is 8.44. The van der Waals surface area contributed by atoms with Crippen molar-refractivity contribution in [1.82, 2.24) is 4.98 Å². The minimum atomic E-state index is -0.446. The van der Waals surface area contributed by atoms with Crippen molar-refractivity contribution in [3.8, 4) is 21.7 Å². The average Bonchev–Trinajstić information content (AvgIpc) is 3.44. The summed E-state index contributed by atoms with van der Waals surface area (Å²) in [6, 6.07) is 34.3. The Morgan fingerprint density at radius 1 is 0.632 bits per heavy atom. The zero-order valence-electron chi connectivity index (χ0n) is 22.0. The highest BCUT2D eigenvalue weighted by Gasteiger charge is 2.52. The maximum Gasteiger partial charge on any atom is 0.496 e. The monoisotopic (exact) mass is 513 g/mol. The van der Waals surface area contributed by atoms with Gasteiger partial charge in [-0.2, -0.15) is 0 Å². The molecule has 5 heteroatoms. The zero-order valence-corrected chi connectivity index (χ0v) is 22.8. The summed E-state index contributed by atoms with van der Waals surface area (Å²) >= 11 is 1.74. The summed E-state index contributed by atoms with van der Waals surface area (Å²) in [6.07, 6.45) is 0. The van der Waals surface area contributed by atoms with Gasteiger partial charge in [-0.15, -0.1) is 11.3 Å². The van der Waals surface area contributed by atoms with E-state index >= 15 is 0 Å². The first-order valence-corrected chi connectivity index (χ1v) is 13.9. The fourth-order valence-electron chi connectivity index (χ4n) is 5.48. The van der Waals surface area contributed by atoms with Gasteiger partial charge in [0.2, 0.25) is 0 Å². The molecule has 0 N–H and O–H groups in total. The molecule has 1 aliphatic heterocycles. The van der Waals surface area contributed by atoms with Gasteiger partial charge in [-0.05, 0) is 78.0 Å². The lowest BCUT2D eigenvalue weighted by Crippen LogP contribution is -2.41. The molecule has 6 aromatic rings. The van der Waals surface area contributed by atoms with Crippen LogP contribution in [0.15, 0.2) is 97.1 Å². The Hall–Kier alpha value is -3.51. The third-order valence-corrected chi connectivity index (χ3v) is 9.24. The molecule has 7 rings (SSSR count). The van der Waals surface area contributed by atoms with Crippen molar-refractivity contribution < 1.29 is 9.31 Å². The number of thiazole rings is 1. The second-order valence-corrected chi connectivity index (χ2v) is 12.1. The molecule has 0 unspecified atom stereocenters. The molecule has 0 bridgehead atoms. The first-order chi connectivity index (χ1) is 18.3. The predicted octanol–water partition coefficient (Wildman–Crippen LogP) is 8.24. The maximum absolute atomic E-state index is 6.58. The smallest absolute Gasteiger partial charge is 0.399 e. The molecular formula is C33H28BNO2S. The molecule has 0 amide bonds. The number of hydrogen-bond acceptors (Lipinski definition) is 4. The minimum Gasteiger partial charge on any atom is -0.399 e. The summed E-state index contributed by atoms with van der Waals surface area (Å²) in [5, 5.41) is 5.73. The Morgan fingerprint density at radius 2 is 1.18 bits per heavy atom. The van der Waals surface area contributed by atoms with Gasteiger partial charge in [0.1, 0.15) is 5.01 Å². The van der Waals surface area contributed by atoms with E-state index in [-0.39, 0.29) is 0 Å². The van der Waals surface area contributed by atoms with Gasteiger partial charge in [0.05, 0.1) is 21.4 Å². The Labute approximate surface area is 227 Å². The van der Waals surface area contributed by atoms with E-state index in [4.69, 9.17) is 14.3 Å². The quantitative estimate of drug-likeness (QED) is 0.176. The van der Waals surface area contributed by atoms with Crippen LogP contribution in [0.4, 0.5) is 0 Å². The third-order valence-electron chi connectivity index (χ3n) is 8.16. The highest BCUT2D eigenvalue weighted by molar-refractivity contribution is 7.21. The van der Waals surface area contributed by atoms with E-state index in [0.29, 0.717) is 0 Å². The number of rotatable bonds is 3. The average molecular weight is 513 g/mol. The lowest BCUT2D eigenvalue weighted by atomic mass is 9.71. The molecule has 0 aliphatic carbocycles. The first kappa shape index (κ1) is 23.6. The number of nitrogens with zero attached hydrogens (tertiary/aromatic N) is 1. The van der Waals surface area contributed by atoms with E-state index in [0.717, 1.165) is 37.9 Å². The largest absolute Gasteiger partial charge is 0.496 e. The van der Waals surface area contributed by atoms with Crippen LogP contribution >= 0.6 is 11.3 Å². The van der Waals surface area contributed by atoms with Crippen LogP contribution in [0.2, 0.25) is 0 Å². The second kappa shape index (κ2) is 8.50. The fourth-order valence-corrected chi connectivity index (χ4v) is 6.43. The zero-order chi connectivity index (χ0) is 26.1. The third kappa shape index (κ3) is 3.61. The molecule has 0 spiro atoms. The van der Waals surface area contributed by atoms with Gasteiger partial charge in [0, 0.05) is 5.56 Å². The molecule has 2 heterocycles. The van der Waals surface area contributed by atoms with Crippen molar-refractivity contribution in [3.63, 3.8) is 0 Å². The molecule has 0 radical (unpaired) electrons. The minimum absolute atomic E-state index is 0.412. The Balaban J connectivity index is 1.47. The van der Waals surface area contributed by atoms with Crippen LogP contribution in [0.3, 0.4) is 0 Å². The van der Waals surface area contributed by atoms with E-state index in [1.165, 1.54) is 21.0 Å². The van der Waals surface area contributed by atoms with Crippen molar-refractivity contribution in [2.24, 2.45) is 0 Å². The number of hydrogen-bond donors (Lipinski definition) is 0. The molecule has 1 fully saturated rings.